The van der Waals surface area contributed by atoms with E-state index in [1.165, 1.54) is 0 Å². The third-order valence-electron chi connectivity index (χ3n) is 2.75. The molecule has 0 radical (unpaired) electrons. The monoisotopic (exact) mass is 153 g/mol. The standard InChI is InChI=1S/C8H11NO2/c9-4-8-2-1-7(11-5-8)6(10)3-8/h6-7,10H,1-3,5H2. The van der Waals surface area contributed by atoms with Crippen LogP contribution in [0.3, 0.4) is 0 Å². The number of nitriles is 1. The minimum atomic E-state index is -0.405. The van der Waals surface area contributed by atoms with Crippen LogP contribution in [-0.4, -0.2) is 23.9 Å². The Balaban J connectivity index is 2.20. The largest absolute Gasteiger partial charge is 0.390 e. The second kappa shape index (κ2) is 2.20. The lowest BCUT2D eigenvalue weighted by Crippen LogP contribution is -2.50. The van der Waals surface area contributed by atoms with Crippen molar-refractivity contribution in [3.8, 4) is 6.07 Å². The van der Waals surface area contributed by atoms with E-state index in [0.29, 0.717) is 13.0 Å². The van der Waals surface area contributed by atoms with E-state index in [-0.39, 0.29) is 11.5 Å². The van der Waals surface area contributed by atoms with Crippen molar-refractivity contribution in [3.63, 3.8) is 0 Å². The highest BCUT2D eigenvalue weighted by Gasteiger charge is 2.46. The molecule has 2 bridgehead atoms. The zero-order valence-corrected chi connectivity index (χ0v) is 6.29. The fraction of sp³-hybridized carbons (Fsp3) is 0.875. The Kier molecular flexibility index (Phi) is 1.41. The minimum absolute atomic E-state index is 0.00484. The molecule has 1 saturated carbocycles. The molecule has 2 aliphatic heterocycles. The van der Waals surface area contributed by atoms with Gasteiger partial charge in [-0.2, -0.15) is 5.26 Å². The minimum Gasteiger partial charge on any atom is -0.390 e. The topological polar surface area (TPSA) is 53.2 Å². The van der Waals surface area contributed by atoms with Crippen molar-refractivity contribution in [2.75, 3.05) is 6.61 Å². The molecule has 0 amide bonds. The van der Waals surface area contributed by atoms with Gasteiger partial charge >= 0.3 is 0 Å². The molecule has 60 valence electrons. The summed E-state index contributed by atoms with van der Waals surface area (Å²) < 4.78 is 5.31. The van der Waals surface area contributed by atoms with Crippen LogP contribution in [0.2, 0.25) is 0 Å². The van der Waals surface area contributed by atoms with Crippen LogP contribution in [0.1, 0.15) is 19.3 Å². The average Bonchev–Trinajstić information content (AvgIpc) is 2.06. The summed E-state index contributed by atoms with van der Waals surface area (Å²) in [4.78, 5) is 0. The molecule has 3 unspecified atom stereocenters. The van der Waals surface area contributed by atoms with E-state index in [1.807, 2.05) is 0 Å². The smallest absolute Gasteiger partial charge is 0.0835 e. The first-order chi connectivity index (χ1) is 5.26. The highest BCUT2D eigenvalue weighted by molar-refractivity contribution is 5.07. The maximum Gasteiger partial charge on any atom is 0.0835 e. The van der Waals surface area contributed by atoms with Crippen LogP contribution < -0.4 is 0 Å². The first-order valence-electron chi connectivity index (χ1n) is 3.97. The Hall–Kier alpha value is -0.590. The van der Waals surface area contributed by atoms with Gasteiger partial charge in [0.1, 0.15) is 0 Å². The first-order valence-corrected chi connectivity index (χ1v) is 3.97. The predicted octanol–water partition coefficient (Wildman–Crippen LogP) is 0.440. The van der Waals surface area contributed by atoms with Gasteiger partial charge in [0.2, 0.25) is 0 Å². The van der Waals surface area contributed by atoms with Gasteiger partial charge < -0.3 is 9.84 Å². The van der Waals surface area contributed by atoms with Crippen LogP contribution >= 0.6 is 0 Å². The van der Waals surface area contributed by atoms with Crippen LogP contribution in [0.5, 0.6) is 0 Å². The van der Waals surface area contributed by atoms with Crippen molar-refractivity contribution >= 4 is 0 Å². The van der Waals surface area contributed by atoms with Crippen molar-refractivity contribution in [1.29, 1.82) is 5.26 Å². The zero-order chi connectivity index (χ0) is 7.90. The summed E-state index contributed by atoms with van der Waals surface area (Å²) in [6, 6.07) is 2.25. The predicted molar refractivity (Wildman–Crippen MR) is 37.6 cm³/mol. The van der Waals surface area contributed by atoms with E-state index in [0.717, 1.165) is 12.8 Å². The van der Waals surface area contributed by atoms with Crippen LogP contribution in [0, 0.1) is 16.7 Å². The molecule has 3 atom stereocenters. The van der Waals surface area contributed by atoms with Crippen molar-refractivity contribution in [3.05, 3.63) is 0 Å². The fourth-order valence-corrected chi connectivity index (χ4v) is 1.97. The Bertz CT molecular complexity index is 201. The van der Waals surface area contributed by atoms with E-state index in [4.69, 9.17) is 10.00 Å². The maximum absolute atomic E-state index is 9.42. The molecule has 2 heterocycles. The summed E-state index contributed by atoms with van der Waals surface area (Å²) in [5.41, 5.74) is -0.367. The highest BCUT2D eigenvalue weighted by Crippen LogP contribution is 2.42. The van der Waals surface area contributed by atoms with Crippen LogP contribution in [0.4, 0.5) is 0 Å². The third-order valence-corrected chi connectivity index (χ3v) is 2.75. The molecule has 0 spiro atoms. The fourth-order valence-electron chi connectivity index (χ4n) is 1.97. The lowest BCUT2D eigenvalue weighted by atomic mass is 9.71. The summed E-state index contributed by atoms with van der Waals surface area (Å²) in [6.07, 6.45) is 1.94. The van der Waals surface area contributed by atoms with Crippen molar-refractivity contribution < 1.29 is 9.84 Å². The van der Waals surface area contributed by atoms with Crippen LogP contribution in [0.25, 0.3) is 0 Å². The molecule has 3 aliphatic rings. The third kappa shape index (κ3) is 0.943. The van der Waals surface area contributed by atoms with Gasteiger partial charge in [-0.25, -0.2) is 0 Å². The van der Waals surface area contributed by atoms with E-state index < -0.39 is 6.10 Å². The first kappa shape index (κ1) is 7.08. The van der Waals surface area contributed by atoms with Crippen molar-refractivity contribution in [2.45, 2.75) is 31.5 Å². The molecule has 0 aromatic carbocycles. The van der Waals surface area contributed by atoms with Gasteiger partial charge in [-0.05, 0) is 19.3 Å². The number of ether oxygens (including phenoxy) is 1. The van der Waals surface area contributed by atoms with E-state index in [1.54, 1.807) is 0 Å². The molecular weight excluding hydrogens is 142 g/mol. The lowest BCUT2D eigenvalue weighted by Gasteiger charge is -2.44. The molecule has 3 nitrogen and oxygen atoms in total. The van der Waals surface area contributed by atoms with Gasteiger partial charge in [0.25, 0.3) is 0 Å². The number of nitrogens with zero attached hydrogens (tertiary/aromatic N) is 1. The molecule has 2 saturated heterocycles. The lowest BCUT2D eigenvalue weighted by molar-refractivity contribution is -0.157. The Morgan fingerprint density at radius 2 is 2.45 bits per heavy atom. The average molecular weight is 153 g/mol. The maximum atomic E-state index is 9.42. The highest BCUT2D eigenvalue weighted by atomic mass is 16.5. The molecular formula is C8H11NO2. The summed E-state index contributed by atoms with van der Waals surface area (Å²) in [7, 11) is 0. The van der Waals surface area contributed by atoms with Crippen molar-refractivity contribution in [1.82, 2.24) is 0 Å². The van der Waals surface area contributed by atoms with Gasteiger partial charge in [0.05, 0.1) is 30.3 Å². The van der Waals surface area contributed by atoms with Gasteiger partial charge in [0, 0.05) is 0 Å². The number of fused-ring (bicyclic) bond motifs is 3. The second-order valence-electron chi connectivity index (χ2n) is 3.55. The van der Waals surface area contributed by atoms with Gasteiger partial charge in [-0.3, -0.25) is 0 Å². The van der Waals surface area contributed by atoms with Gasteiger partial charge in [0.15, 0.2) is 0 Å². The van der Waals surface area contributed by atoms with Gasteiger partial charge in [-0.1, -0.05) is 0 Å². The molecule has 0 aromatic heterocycles. The molecule has 3 heteroatoms. The Labute approximate surface area is 65.6 Å². The second-order valence-corrected chi connectivity index (χ2v) is 3.55. The number of aliphatic hydroxyl groups excluding tert-OH is 1. The summed E-state index contributed by atoms with van der Waals surface area (Å²) in [5, 5.41) is 18.3. The van der Waals surface area contributed by atoms with Crippen LogP contribution in [-0.2, 0) is 4.74 Å². The normalized spacial score (nSPS) is 48.7. The Morgan fingerprint density at radius 1 is 1.64 bits per heavy atom. The van der Waals surface area contributed by atoms with E-state index in [2.05, 4.69) is 6.07 Å². The molecule has 0 aromatic rings. The number of hydrogen-bond donors (Lipinski definition) is 1. The molecule has 3 fully saturated rings. The zero-order valence-electron chi connectivity index (χ0n) is 6.29. The summed E-state index contributed by atoms with van der Waals surface area (Å²) in [6.45, 7) is 0.519. The molecule has 11 heavy (non-hydrogen) atoms. The summed E-state index contributed by atoms with van der Waals surface area (Å²) in [5.74, 6) is 0. The summed E-state index contributed by atoms with van der Waals surface area (Å²) >= 11 is 0. The number of rotatable bonds is 0. The molecule has 1 aliphatic carbocycles. The number of aliphatic hydroxyl groups is 1. The Morgan fingerprint density at radius 3 is 2.82 bits per heavy atom. The van der Waals surface area contributed by atoms with Gasteiger partial charge in [-0.15, -0.1) is 0 Å². The van der Waals surface area contributed by atoms with E-state index >= 15 is 0 Å². The van der Waals surface area contributed by atoms with Crippen molar-refractivity contribution in [2.24, 2.45) is 5.41 Å². The van der Waals surface area contributed by atoms with E-state index in [9.17, 15) is 5.11 Å². The molecule has 1 N–H and O–H groups in total. The van der Waals surface area contributed by atoms with Crippen LogP contribution in [0.15, 0.2) is 0 Å². The quantitative estimate of drug-likeness (QED) is 0.549. The molecule has 3 rings (SSSR count). The SMILES string of the molecule is N#CC12CCC(OC1)C(O)C2. The number of hydrogen-bond acceptors (Lipinski definition) is 3.